The highest BCUT2D eigenvalue weighted by molar-refractivity contribution is 8.76. The predicted octanol–water partition coefficient (Wildman–Crippen LogP) is 6.17. The maximum absolute atomic E-state index is 12.8. The number of likely N-dealkylation sites (N-methyl/N-ethyl adjacent to an activating group) is 1. The Morgan fingerprint density at radius 3 is 2.31 bits per heavy atom. The summed E-state index contributed by atoms with van der Waals surface area (Å²) in [5, 5.41) is 37.8. The summed E-state index contributed by atoms with van der Waals surface area (Å²) in [5.74, 6) is 6.11. The third-order valence-electron chi connectivity index (χ3n) is 13.5. The number of unbranched alkanes of at least 4 members (excludes halogenated alkanes) is 2. The van der Waals surface area contributed by atoms with Crippen molar-refractivity contribution >= 4 is 96.1 Å². The minimum atomic E-state index is -4.73. The van der Waals surface area contributed by atoms with Gasteiger partial charge in [0.2, 0.25) is 17.5 Å². The Balaban J connectivity index is 0.896. The number of aromatic nitrogens is 2. The number of aromatic amines is 1. The normalized spacial score (nSPS) is 18.4. The SMILES string of the molecule is C=CCOC1CC(n2cc(C#CCNC(=O)CCSSCCNC(=O)CCCCC[N+]3=C(/C=C/C=C4/N(CC)c5ccc(S(=O)(=O)O)cc5C4(C)C)C(C)(C)c4cc(S(=O)(=O)[O-])ccc43)c(=O)[nH]c2=O)OC1COOOOOOOOOOP(P)P. The van der Waals surface area contributed by atoms with Gasteiger partial charge < -0.3 is 29.6 Å². The zero-order valence-electron chi connectivity index (χ0n) is 47.3. The molecule has 5 unspecified atom stereocenters. The fourth-order valence-corrected chi connectivity index (χ4v) is 12.7. The number of anilines is 1. The molecule has 2 amide bonds. The number of amides is 2. The molecule has 86 heavy (non-hydrogen) atoms. The molecule has 0 spiro atoms. The van der Waals surface area contributed by atoms with Crippen molar-refractivity contribution in [3.63, 3.8) is 0 Å². The van der Waals surface area contributed by atoms with Gasteiger partial charge in [-0.25, -0.2) is 18.1 Å². The van der Waals surface area contributed by atoms with Crippen molar-refractivity contribution in [1.29, 1.82) is 0 Å². The van der Waals surface area contributed by atoms with Crippen molar-refractivity contribution in [3.05, 3.63) is 117 Å². The van der Waals surface area contributed by atoms with E-state index in [-0.39, 0.29) is 59.8 Å². The number of H-pyrrole nitrogens is 1. The van der Waals surface area contributed by atoms with E-state index in [2.05, 4.69) is 106 Å². The second-order valence-corrected chi connectivity index (χ2v) is 31.1. The van der Waals surface area contributed by atoms with Crippen LogP contribution in [0.15, 0.2) is 98.6 Å². The van der Waals surface area contributed by atoms with Crippen LogP contribution in [0.25, 0.3) is 0 Å². The van der Waals surface area contributed by atoms with Crippen molar-refractivity contribution in [2.45, 2.75) is 112 Å². The first-order valence-corrected chi connectivity index (χ1v) is 36.2. The summed E-state index contributed by atoms with van der Waals surface area (Å²) < 4.78 is 89.7. The Labute approximate surface area is 509 Å². The number of benzene rings is 2. The number of fused-ring (bicyclic) bond motifs is 2. The summed E-state index contributed by atoms with van der Waals surface area (Å²) in [5.41, 5.74) is 1.88. The average Bonchev–Trinajstić information content (AvgIpc) is 1.78. The monoisotopic (exact) mass is 1340 g/mol. The number of carbonyl (C=O) groups is 2. The number of ether oxygens (including phenoxy) is 2. The van der Waals surface area contributed by atoms with Crippen LogP contribution in [0, 0.1) is 11.8 Å². The maximum Gasteiger partial charge on any atom is 0.330 e. The molecule has 0 bridgehead atoms. The van der Waals surface area contributed by atoms with Crippen LogP contribution >= 0.6 is 47.0 Å². The van der Waals surface area contributed by atoms with E-state index in [0.29, 0.717) is 62.4 Å². The van der Waals surface area contributed by atoms with Gasteiger partial charge in [0.1, 0.15) is 48.7 Å². The summed E-state index contributed by atoms with van der Waals surface area (Å²) in [6.07, 6.45) is 8.84. The molecule has 1 saturated heterocycles. The van der Waals surface area contributed by atoms with Gasteiger partial charge in [0.05, 0.1) is 34.5 Å². The second kappa shape index (κ2) is 33.5. The van der Waals surface area contributed by atoms with E-state index in [1.54, 1.807) is 12.1 Å². The number of rotatable bonds is 35. The molecule has 2 aromatic carbocycles. The molecule has 3 aliphatic rings. The van der Waals surface area contributed by atoms with Crippen LogP contribution in [0.2, 0.25) is 0 Å². The molecule has 6 rings (SSSR count). The quantitative estimate of drug-likeness (QED) is 0.00588. The van der Waals surface area contributed by atoms with Gasteiger partial charge in [-0.05, 0) is 116 Å². The highest BCUT2D eigenvalue weighted by Crippen LogP contribution is 2.53. The number of carbonyl (C=O) groups excluding carboxylic acids is 2. The Morgan fingerprint density at radius 1 is 0.930 bits per heavy atom. The number of nitrogens with one attached hydrogen (secondary N) is 3. The lowest BCUT2D eigenvalue weighted by Gasteiger charge is -2.25. The van der Waals surface area contributed by atoms with Gasteiger partial charge >= 0.3 is 5.69 Å². The largest absolute Gasteiger partial charge is 0.744 e. The summed E-state index contributed by atoms with van der Waals surface area (Å²) in [6, 6.07) is 8.99. The molecule has 5 atom stereocenters. The topological polar surface area (TPSA) is 342 Å². The number of allylic oxidation sites excluding steroid dienone is 4. The fraction of sp³-hybridized carbons (Fsp3) is 0.471. The lowest BCUT2D eigenvalue weighted by Crippen LogP contribution is -2.34. The zero-order valence-corrected chi connectivity index (χ0v) is 53.8. The molecule has 0 saturated carbocycles. The smallest absolute Gasteiger partial charge is 0.330 e. The standard InChI is InChI=1S/C51H67N6O22P3S4/c1-7-26-68-41-31-47(70-42(41)33-69-71-72-73-74-75-76-77-78-79-82(80)81)57-32-34(48(60)54-49(57)61)14-13-23-52-46(59)22-27-83-84-28-24-53-45(58)17-10-9-11-25-56-40-21-19-36(86(65,66)67)30-38(40)51(5,6)44(56)16-12-15-43-50(3,4)37-29-35(85(62,63)64)18-20-39(37)55(43)8-2/h7,12,15-16,18-21,29-30,32,41-42,47H,1,8-11,17,22-28,31,33,80-81H2,2-6H3,(H4-,52,53,54,58,59,60,61,62,63,64,65,66,67). The number of nitrogens with zero attached hydrogens (tertiary/aromatic N) is 3. The van der Waals surface area contributed by atoms with Crippen LogP contribution in [-0.4, -0.2) is 121 Å². The first-order chi connectivity index (χ1) is 40.9. The molecule has 0 aliphatic carbocycles. The van der Waals surface area contributed by atoms with Crippen LogP contribution in [-0.2, 0) is 100.0 Å². The van der Waals surface area contributed by atoms with E-state index < -0.39 is 68.3 Å². The van der Waals surface area contributed by atoms with Crippen molar-refractivity contribution in [1.82, 2.24) is 20.2 Å². The van der Waals surface area contributed by atoms with Gasteiger partial charge in [-0.1, -0.05) is 77.3 Å². The van der Waals surface area contributed by atoms with Gasteiger partial charge in [-0.3, -0.25) is 28.5 Å². The first kappa shape index (κ1) is 70.7. The summed E-state index contributed by atoms with van der Waals surface area (Å²) in [4.78, 5) is 59.5. The van der Waals surface area contributed by atoms with E-state index in [9.17, 15) is 45.1 Å². The molecule has 3 aromatic rings. The van der Waals surface area contributed by atoms with Crippen molar-refractivity contribution in [2.75, 3.05) is 55.8 Å². The van der Waals surface area contributed by atoms with Gasteiger partial charge in [0.15, 0.2) is 5.71 Å². The Morgan fingerprint density at radius 2 is 1.62 bits per heavy atom. The Hall–Kier alpha value is -4.36. The van der Waals surface area contributed by atoms with Gasteiger partial charge in [-0.2, -0.15) is 17.7 Å². The molecule has 28 nitrogen and oxygen atoms in total. The van der Waals surface area contributed by atoms with E-state index in [4.69, 9.17) is 14.4 Å². The molecular weight excluding hydrogens is 1270 g/mol. The third-order valence-corrected chi connectivity index (χ3v) is 18.3. The summed E-state index contributed by atoms with van der Waals surface area (Å²) in [6.45, 7) is 14.8. The highest BCUT2D eigenvalue weighted by atomic mass is 33.1. The molecule has 4 heterocycles. The minimum absolute atomic E-state index is 0.0677. The second-order valence-electron chi connectivity index (χ2n) is 19.9. The molecule has 0 radical (unpaired) electrons. The van der Waals surface area contributed by atoms with Gasteiger partial charge in [-0.15, -0.1) is 6.58 Å². The van der Waals surface area contributed by atoms with Crippen molar-refractivity contribution in [2.24, 2.45) is 0 Å². The first-order valence-electron chi connectivity index (χ1n) is 26.3. The van der Waals surface area contributed by atoms with Crippen molar-refractivity contribution < 1.29 is 99.4 Å². The van der Waals surface area contributed by atoms with Gasteiger partial charge in [0.25, 0.3) is 15.7 Å². The molecular formula is C51H67N6O22P3S4. The zero-order chi connectivity index (χ0) is 62.7. The van der Waals surface area contributed by atoms with E-state index in [1.807, 2.05) is 52.8 Å². The number of hydrogen-bond donors (Lipinski definition) is 4. The average molecular weight is 1340 g/mol. The van der Waals surface area contributed by atoms with Crippen LogP contribution in [0.5, 0.6) is 0 Å². The highest BCUT2D eigenvalue weighted by Gasteiger charge is 2.45. The molecule has 3 aliphatic heterocycles. The third kappa shape index (κ3) is 20.1. The Bertz CT molecular complexity index is 3390. The van der Waals surface area contributed by atoms with Crippen LogP contribution < -0.4 is 26.8 Å². The molecule has 472 valence electrons. The summed E-state index contributed by atoms with van der Waals surface area (Å²) >= 11 is 0. The van der Waals surface area contributed by atoms with Crippen LogP contribution in [0.3, 0.4) is 0 Å². The van der Waals surface area contributed by atoms with Crippen molar-refractivity contribution in [3.8, 4) is 11.8 Å². The van der Waals surface area contributed by atoms with Crippen LogP contribution in [0.4, 0.5) is 11.4 Å². The van der Waals surface area contributed by atoms with Gasteiger partial charge in [0, 0.05) is 91.0 Å². The van der Waals surface area contributed by atoms with E-state index in [1.165, 1.54) is 58.1 Å². The fourth-order valence-electron chi connectivity index (χ4n) is 9.52. The van der Waals surface area contributed by atoms with E-state index in [0.717, 1.165) is 32.9 Å². The van der Waals surface area contributed by atoms with Crippen LogP contribution in [0.1, 0.15) is 96.1 Å². The predicted molar refractivity (Wildman–Crippen MR) is 319 cm³/mol. The molecule has 4 N–H and O–H groups in total. The summed E-state index contributed by atoms with van der Waals surface area (Å²) in [7, 11) is -2.69. The minimum Gasteiger partial charge on any atom is -0.744 e. The Kier molecular flexibility index (Phi) is 27.5. The molecule has 1 aromatic heterocycles. The maximum atomic E-state index is 12.8. The lowest BCUT2D eigenvalue weighted by molar-refractivity contribution is -0.841. The lowest BCUT2D eigenvalue weighted by atomic mass is 9.81. The molecule has 35 heteroatoms. The molecule has 1 fully saturated rings. The number of hydrogen-bond acceptors (Lipinski definition) is 24. The van der Waals surface area contributed by atoms with E-state index >= 15 is 0 Å².